The number of benzene rings is 1. The third-order valence-electron chi connectivity index (χ3n) is 4.65. The minimum Gasteiger partial charge on any atom is -0.418 e. The summed E-state index contributed by atoms with van der Waals surface area (Å²) in [6.07, 6.45) is 1.73. The molecule has 0 aliphatic heterocycles. The zero-order valence-corrected chi connectivity index (χ0v) is 16.1. The van der Waals surface area contributed by atoms with E-state index in [-0.39, 0.29) is 12.1 Å². The van der Waals surface area contributed by atoms with Gasteiger partial charge in [0.15, 0.2) is 11.3 Å². The number of hydrogen-bond donors (Lipinski definition) is 3. The summed E-state index contributed by atoms with van der Waals surface area (Å²) in [4.78, 5) is 25.2. The van der Waals surface area contributed by atoms with Crippen LogP contribution in [-0.2, 0) is 7.05 Å². The molecule has 1 aromatic carbocycles. The van der Waals surface area contributed by atoms with E-state index in [1.807, 2.05) is 42.8 Å². The summed E-state index contributed by atoms with van der Waals surface area (Å²) in [6, 6.07) is 7.33. The monoisotopic (exact) mass is 379 g/mol. The smallest absolute Gasteiger partial charge is 0.315 e. The molecule has 0 saturated carbocycles. The first-order chi connectivity index (χ1) is 13.5. The number of hydrogen-bond acceptors (Lipinski definition) is 6. The van der Waals surface area contributed by atoms with E-state index in [9.17, 15) is 4.79 Å². The maximum atomic E-state index is 11.6. The zero-order chi connectivity index (χ0) is 19.8. The van der Waals surface area contributed by atoms with E-state index in [1.165, 1.54) is 0 Å². The number of carbonyl (C=O) groups excluding carboxylic acids is 1. The lowest BCUT2D eigenvalue weighted by Gasteiger charge is -2.14. The predicted molar refractivity (Wildman–Crippen MR) is 107 cm³/mol. The molecule has 9 nitrogen and oxygen atoms in total. The lowest BCUT2D eigenvalue weighted by molar-refractivity contribution is 0.240. The summed E-state index contributed by atoms with van der Waals surface area (Å²) < 4.78 is 7.86. The van der Waals surface area contributed by atoms with E-state index < -0.39 is 0 Å². The van der Waals surface area contributed by atoms with Crippen molar-refractivity contribution in [3.05, 3.63) is 36.2 Å². The zero-order valence-electron chi connectivity index (χ0n) is 16.1. The molecule has 0 spiro atoms. The van der Waals surface area contributed by atoms with Crippen LogP contribution in [0.5, 0.6) is 0 Å². The van der Waals surface area contributed by atoms with Crippen LogP contribution in [-0.4, -0.2) is 39.6 Å². The molecule has 0 radical (unpaired) electrons. The SMILES string of the molecule is CNC(=O)NC(C)c1cccc(-c2nc3c(nc(NC)c4ncn(C)c43)o2)c1. The number of nitrogens with zero attached hydrogens (tertiary/aromatic N) is 4. The largest absolute Gasteiger partial charge is 0.418 e. The van der Waals surface area contributed by atoms with Crippen molar-refractivity contribution in [2.24, 2.45) is 7.05 Å². The van der Waals surface area contributed by atoms with Crippen molar-refractivity contribution in [1.82, 2.24) is 30.2 Å². The summed E-state index contributed by atoms with van der Waals surface area (Å²) in [7, 11) is 5.29. The Morgan fingerprint density at radius 2 is 2.04 bits per heavy atom. The van der Waals surface area contributed by atoms with Gasteiger partial charge in [-0.25, -0.2) is 14.8 Å². The van der Waals surface area contributed by atoms with Crippen LogP contribution in [0.2, 0.25) is 0 Å². The number of aromatic nitrogens is 4. The van der Waals surface area contributed by atoms with E-state index in [4.69, 9.17) is 4.42 Å². The van der Waals surface area contributed by atoms with E-state index in [0.29, 0.717) is 22.9 Å². The highest BCUT2D eigenvalue weighted by Gasteiger charge is 2.19. The first-order valence-corrected chi connectivity index (χ1v) is 8.89. The molecule has 1 atom stereocenters. The molecule has 9 heteroatoms. The molecule has 3 N–H and O–H groups in total. The van der Waals surface area contributed by atoms with Gasteiger partial charge in [0.1, 0.15) is 11.0 Å². The lowest BCUT2D eigenvalue weighted by atomic mass is 10.1. The Hall–Kier alpha value is -3.62. The molecule has 28 heavy (non-hydrogen) atoms. The molecule has 0 aliphatic carbocycles. The molecular weight excluding hydrogens is 358 g/mol. The number of rotatable bonds is 4. The van der Waals surface area contributed by atoms with Gasteiger partial charge < -0.3 is 24.9 Å². The van der Waals surface area contributed by atoms with E-state index in [2.05, 4.69) is 30.9 Å². The number of pyridine rings is 1. The molecule has 4 aromatic rings. The minimum atomic E-state index is -0.234. The van der Waals surface area contributed by atoms with Crippen molar-refractivity contribution in [3.63, 3.8) is 0 Å². The van der Waals surface area contributed by atoms with Crippen molar-refractivity contribution in [2.75, 3.05) is 19.4 Å². The number of anilines is 1. The third kappa shape index (κ3) is 2.90. The number of aryl methyl sites for hydroxylation is 1. The van der Waals surface area contributed by atoms with Crippen LogP contribution in [0, 0.1) is 0 Å². The average molecular weight is 379 g/mol. The summed E-state index contributed by atoms with van der Waals surface area (Å²) in [5.74, 6) is 1.11. The van der Waals surface area contributed by atoms with Crippen LogP contribution >= 0.6 is 0 Å². The topological polar surface area (TPSA) is 110 Å². The first kappa shape index (κ1) is 17.8. The van der Waals surface area contributed by atoms with Gasteiger partial charge in [0.05, 0.1) is 12.4 Å². The van der Waals surface area contributed by atoms with E-state index in [0.717, 1.165) is 22.2 Å². The van der Waals surface area contributed by atoms with Crippen LogP contribution in [0.4, 0.5) is 10.6 Å². The van der Waals surface area contributed by atoms with Crippen LogP contribution in [0.3, 0.4) is 0 Å². The molecule has 0 saturated heterocycles. The minimum absolute atomic E-state index is 0.165. The Labute approximate surface area is 161 Å². The highest BCUT2D eigenvalue weighted by molar-refractivity contribution is 6.03. The second kappa shape index (κ2) is 6.84. The molecule has 0 fully saturated rings. The fourth-order valence-electron chi connectivity index (χ4n) is 3.17. The van der Waals surface area contributed by atoms with Gasteiger partial charge in [-0.05, 0) is 24.6 Å². The average Bonchev–Trinajstić information content (AvgIpc) is 3.30. The van der Waals surface area contributed by atoms with Gasteiger partial charge >= 0.3 is 6.03 Å². The maximum absolute atomic E-state index is 11.6. The molecule has 3 heterocycles. The molecule has 144 valence electrons. The second-order valence-electron chi connectivity index (χ2n) is 6.51. The van der Waals surface area contributed by atoms with Crippen LogP contribution in [0.15, 0.2) is 35.0 Å². The molecule has 4 rings (SSSR count). The molecule has 0 aliphatic rings. The van der Waals surface area contributed by atoms with Gasteiger partial charge in [-0.1, -0.05) is 12.1 Å². The van der Waals surface area contributed by atoms with Crippen molar-refractivity contribution in [2.45, 2.75) is 13.0 Å². The Balaban J connectivity index is 1.80. The normalized spacial score (nSPS) is 12.3. The van der Waals surface area contributed by atoms with E-state index >= 15 is 0 Å². The number of fused-ring (bicyclic) bond motifs is 3. The Bertz CT molecular complexity index is 1180. The van der Waals surface area contributed by atoms with Gasteiger partial charge in [0, 0.05) is 26.7 Å². The van der Waals surface area contributed by atoms with Crippen molar-refractivity contribution >= 4 is 34.1 Å². The number of imidazole rings is 1. The molecule has 2 amide bonds. The standard InChI is InChI=1S/C19H21N7O2/c1-10(23-19(27)21-3)11-6-5-7-12(8-11)17-24-14-15-13(22-9-26(15)4)16(20-2)25-18(14)28-17/h5-10H,1-4H3,(H,20,25)(H2,21,23,27). The molecular formula is C19H21N7O2. The Morgan fingerprint density at radius 1 is 1.21 bits per heavy atom. The van der Waals surface area contributed by atoms with Crippen LogP contribution in [0.25, 0.3) is 33.7 Å². The first-order valence-electron chi connectivity index (χ1n) is 8.89. The summed E-state index contributed by atoms with van der Waals surface area (Å²) >= 11 is 0. The summed E-state index contributed by atoms with van der Waals surface area (Å²) in [5, 5.41) is 8.47. The number of urea groups is 1. The van der Waals surface area contributed by atoms with Crippen molar-refractivity contribution in [1.29, 1.82) is 0 Å². The maximum Gasteiger partial charge on any atom is 0.315 e. The predicted octanol–water partition coefficient (Wildman–Crippen LogP) is 2.81. The number of nitrogens with one attached hydrogen (secondary N) is 3. The van der Waals surface area contributed by atoms with Crippen molar-refractivity contribution < 1.29 is 9.21 Å². The van der Waals surface area contributed by atoms with Gasteiger partial charge in [0.2, 0.25) is 5.89 Å². The summed E-state index contributed by atoms with van der Waals surface area (Å²) in [5.41, 5.74) is 4.45. The number of amides is 2. The third-order valence-corrected chi connectivity index (χ3v) is 4.65. The van der Waals surface area contributed by atoms with Crippen molar-refractivity contribution in [3.8, 4) is 11.5 Å². The van der Waals surface area contributed by atoms with Gasteiger partial charge in [-0.2, -0.15) is 4.98 Å². The lowest BCUT2D eigenvalue weighted by Crippen LogP contribution is -2.34. The molecule has 0 bridgehead atoms. The molecule has 1 unspecified atom stereocenters. The Kier molecular flexibility index (Phi) is 4.34. The van der Waals surface area contributed by atoms with E-state index in [1.54, 1.807) is 20.4 Å². The summed E-state index contributed by atoms with van der Waals surface area (Å²) in [6.45, 7) is 1.92. The number of oxazole rings is 1. The van der Waals surface area contributed by atoms with Crippen LogP contribution < -0.4 is 16.0 Å². The van der Waals surface area contributed by atoms with Gasteiger partial charge in [-0.3, -0.25) is 0 Å². The fourth-order valence-corrected chi connectivity index (χ4v) is 3.17. The number of carbonyl (C=O) groups is 1. The second-order valence-corrected chi connectivity index (χ2v) is 6.51. The Morgan fingerprint density at radius 3 is 2.79 bits per heavy atom. The highest BCUT2D eigenvalue weighted by atomic mass is 16.4. The van der Waals surface area contributed by atoms with Gasteiger partial charge in [0.25, 0.3) is 5.71 Å². The van der Waals surface area contributed by atoms with Crippen LogP contribution in [0.1, 0.15) is 18.5 Å². The fraction of sp³-hybridized carbons (Fsp3) is 0.263. The highest BCUT2D eigenvalue weighted by Crippen LogP contribution is 2.31. The van der Waals surface area contributed by atoms with Gasteiger partial charge in [-0.15, -0.1) is 0 Å². The quantitative estimate of drug-likeness (QED) is 0.503. The molecule has 3 aromatic heterocycles.